The molecule has 1 aliphatic rings. The third-order valence-electron chi connectivity index (χ3n) is 4.26. The molecule has 0 amide bonds. The molecule has 0 fully saturated rings. The van der Waals surface area contributed by atoms with E-state index in [4.69, 9.17) is 16.7 Å². The van der Waals surface area contributed by atoms with Crippen LogP contribution in [0.3, 0.4) is 0 Å². The zero-order valence-electron chi connectivity index (χ0n) is 14.5. The number of carbonyl (C=O) groups is 2. The van der Waals surface area contributed by atoms with Crippen molar-refractivity contribution in [3.8, 4) is 0 Å². The molecule has 0 bridgehead atoms. The van der Waals surface area contributed by atoms with Gasteiger partial charge in [-0.3, -0.25) is 9.59 Å². The van der Waals surface area contributed by atoms with E-state index in [0.29, 0.717) is 18.4 Å². The molecule has 0 saturated heterocycles. The van der Waals surface area contributed by atoms with E-state index in [-0.39, 0.29) is 23.2 Å². The Labute approximate surface area is 158 Å². The zero-order valence-corrected chi connectivity index (χ0v) is 15.2. The SMILES string of the molecule is O=C(O)CCCCC/C=C1\C(=O)C(Cl)=CC1/C=C/C(O)c1ccccc1. The molecule has 0 spiro atoms. The topological polar surface area (TPSA) is 74.6 Å². The van der Waals surface area contributed by atoms with E-state index in [2.05, 4.69) is 0 Å². The van der Waals surface area contributed by atoms with E-state index >= 15 is 0 Å². The van der Waals surface area contributed by atoms with Gasteiger partial charge in [0.2, 0.25) is 5.78 Å². The number of hydrogen-bond donors (Lipinski definition) is 2. The fourth-order valence-corrected chi connectivity index (χ4v) is 3.09. The van der Waals surface area contributed by atoms with Crippen LogP contribution in [0.1, 0.15) is 43.8 Å². The molecule has 26 heavy (non-hydrogen) atoms. The van der Waals surface area contributed by atoms with E-state index < -0.39 is 12.1 Å². The molecule has 1 aromatic carbocycles. The molecular weight excluding hydrogens is 352 g/mol. The molecular formula is C21H23ClO4. The fraction of sp³-hybridized carbons (Fsp3) is 0.333. The summed E-state index contributed by atoms with van der Waals surface area (Å²) in [7, 11) is 0. The highest BCUT2D eigenvalue weighted by molar-refractivity contribution is 6.46. The highest BCUT2D eigenvalue weighted by atomic mass is 35.5. The molecule has 0 radical (unpaired) electrons. The van der Waals surface area contributed by atoms with Crippen LogP contribution in [0, 0.1) is 5.92 Å². The molecule has 1 aromatic rings. The zero-order chi connectivity index (χ0) is 18.9. The molecule has 138 valence electrons. The number of rotatable bonds is 9. The summed E-state index contributed by atoms with van der Waals surface area (Å²) < 4.78 is 0. The quantitative estimate of drug-likeness (QED) is 0.377. The van der Waals surface area contributed by atoms with Crippen molar-refractivity contribution in [3.05, 3.63) is 70.8 Å². The smallest absolute Gasteiger partial charge is 0.303 e. The van der Waals surface area contributed by atoms with Gasteiger partial charge in [-0.05, 0) is 24.8 Å². The summed E-state index contributed by atoms with van der Waals surface area (Å²) in [5, 5.41) is 19.0. The van der Waals surface area contributed by atoms with Gasteiger partial charge in [-0.25, -0.2) is 0 Å². The molecule has 2 atom stereocenters. The van der Waals surface area contributed by atoms with Crippen LogP contribution < -0.4 is 0 Å². The first-order chi connectivity index (χ1) is 12.5. The Morgan fingerprint density at radius 3 is 2.62 bits per heavy atom. The van der Waals surface area contributed by atoms with Gasteiger partial charge >= 0.3 is 5.97 Å². The van der Waals surface area contributed by atoms with Crippen molar-refractivity contribution in [3.63, 3.8) is 0 Å². The van der Waals surface area contributed by atoms with Gasteiger partial charge in [-0.1, -0.05) is 72.7 Å². The van der Waals surface area contributed by atoms with Gasteiger partial charge in [0.1, 0.15) is 0 Å². The maximum absolute atomic E-state index is 12.2. The maximum Gasteiger partial charge on any atom is 0.303 e. The number of hydrogen-bond acceptors (Lipinski definition) is 3. The Kier molecular flexibility index (Phi) is 7.82. The second-order valence-electron chi connectivity index (χ2n) is 6.26. The summed E-state index contributed by atoms with van der Waals surface area (Å²) in [5.74, 6) is -1.21. The lowest BCUT2D eigenvalue weighted by molar-refractivity contribution is -0.137. The summed E-state index contributed by atoms with van der Waals surface area (Å²) in [5.41, 5.74) is 1.40. The minimum atomic E-state index is -0.785. The summed E-state index contributed by atoms with van der Waals surface area (Å²) in [6.45, 7) is 0. The normalized spacial score (nSPS) is 19.9. The Hall–Kier alpha value is -2.17. The van der Waals surface area contributed by atoms with E-state index in [1.165, 1.54) is 0 Å². The van der Waals surface area contributed by atoms with Gasteiger partial charge in [-0.15, -0.1) is 0 Å². The lowest BCUT2D eigenvalue weighted by atomic mass is 9.98. The summed E-state index contributed by atoms with van der Waals surface area (Å²) in [6.07, 6.45) is 9.42. The molecule has 0 heterocycles. The number of allylic oxidation sites excluding steroid dienone is 5. The Morgan fingerprint density at radius 1 is 1.19 bits per heavy atom. The lowest BCUT2D eigenvalue weighted by Crippen LogP contribution is -2.02. The highest BCUT2D eigenvalue weighted by Gasteiger charge is 2.27. The Morgan fingerprint density at radius 2 is 1.92 bits per heavy atom. The van der Waals surface area contributed by atoms with Crippen molar-refractivity contribution in [1.29, 1.82) is 0 Å². The van der Waals surface area contributed by atoms with Gasteiger partial charge in [0.05, 0.1) is 11.1 Å². The first kappa shape index (κ1) is 20.1. The highest BCUT2D eigenvalue weighted by Crippen LogP contribution is 2.31. The fourth-order valence-electron chi connectivity index (χ4n) is 2.84. The minimum absolute atomic E-state index is 0.172. The molecule has 4 nitrogen and oxygen atoms in total. The predicted octanol–water partition coefficient (Wildman–Crippen LogP) is 4.56. The lowest BCUT2D eigenvalue weighted by Gasteiger charge is -2.08. The van der Waals surface area contributed by atoms with Crippen LogP contribution in [0.5, 0.6) is 0 Å². The number of unbranched alkanes of at least 4 members (excludes halogenated alkanes) is 3. The summed E-state index contributed by atoms with van der Waals surface area (Å²) in [6, 6.07) is 9.28. The van der Waals surface area contributed by atoms with Gasteiger partial charge in [-0.2, -0.15) is 0 Å². The van der Waals surface area contributed by atoms with Gasteiger partial charge in [0.25, 0.3) is 0 Å². The standard InChI is InChI=1S/C21H23ClO4/c22-18-14-16(12-13-19(23)15-8-4-3-5-9-15)17(21(18)26)10-6-1-2-7-11-20(24)25/h3-5,8-10,12-14,16,19,23H,1-2,6-7,11H2,(H,24,25)/b13-12+,17-10-. The maximum atomic E-state index is 12.2. The van der Waals surface area contributed by atoms with Crippen LogP contribution in [0.25, 0.3) is 0 Å². The van der Waals surface area contributed by atoms with E-state index in [1.807, 2.05) is 36.4 Å². The van der Waals surface area contributed by atoms with Gasteiger partial charge in [0.15, 0.2) is 0 Å². The number of carbonyl (C=O) groups excluding carboxylic acids is 1. The molecule has 0 aliphatic heterocycles. The largest absolute Gasteiger partial charge is 0.481 e. The van der Waals surface area contributed by atoms with Crippen LogP contribution in [-0.2, 0) is 9.59 Å². The third-order valence-corrected chi connectivity index (χ3v) is 4.56. The van der Waals surface area contributed by atoms with Gasteiger partial charge < -0.3 is 10.2 Å². The first-order valence-corrected chi connectivity index (χ1v) is 9.12. The second kappa shape index (κ2) is 10.1. The Balaban J connectivity index is 1.94. The number of carboxylic acids is 1. The molecule has 2 rings (SSSR count). The molecule has 0 saturated carbocycles. The van der Waals surface area contributed by atoms with Crippen LogP contribution in [0.15, 0.2) is 65.2 Å². The molecule has 2 N–H and O–H groups in total. The van der Waals surface area contributed by atoms with Crippen LogP contribution in [-0.4, -0.2) is 22.0 Å². The first-order valence-electron chi connectivity index (χ1n) is 8.74. The minimum Gasteiger partial charge on any atom is -0.481 e. The average molecular weight is 375 g/mol. The van der Waals surface area contributed by atoms with Crippen LogP contribution in [0.2, 0.25) is 0 Å². The summed E-state index contributed by atoms with van der Waals surface area (Å²) in [4.78, 5) is 22.7. The molecule has 2 unspecified atom stereocenters. The molecule has 5 heteroatoms. The van der Waals surface area contributed by atoms with E-state index in [9.17, 15) is 14.7 Å². The van der Waals surface area contributed by atoms with Crippen molar-refractivity contribution in [2.24, 2.45) is 5.92 Å². The van der Waals surface area contributed by atoms with Crippen molar-refractivity contribution >= 4 is 23.4 Å². The number of carboxylic acid groups (broad SMARTS) is 1. The number of aliphatic hydroxyl groups is 1. The number of aliphatic carboxylic acids is 1. The van der Waals surface area contributed by atoms with Gasteiger partial charge in [0, 0.05) is 17.9 Å². The Bertz CT molecular complexity index is 719. The van der Waals surface area contributed by atoms with Crippen molar-refractivity contribution < 1.29 is 19.8 Å². The van der Waals surface area contributed by atoms with Crippen molar-refractivity contribution in [2.45, 2.75) is 38.2 Å². The summed E-state index contributed by atoms with van der Waals surface area (Å²) >= 11 is 5.99. The number of Topliss-reactive ketones (excluding diaryl/α,β-unsaturated/α-hetero) is 1. The monoisotopic (exact) mass is 374 g/mol. The third kappa shape index (κ3) is 5.97. The second-order valence-corrected chi connectivity index (χ2v) is 6.67. The number of benzene rings is 1. The number of halogens is 1. The average Bonchev–Trinajstić information content (AvgIpc) is 2.90. The van der Waals surface area contributed by atoms with Crippen LogP contribution in [0.4, 0.5) is 0 Å². The van der Waals surface area contributed by atoms with E-state index in [0.717, 1.165) is 18.4 Å². The molecule has 1 aliphatic carbocycles. The number of aliphatic hydroxyl groups excluding tert-OH is 1. The van der Waals surface area contributed by atoms with Crippen molar-refractivity contribution in [2.75, 3.05) is 0 Å². The molecule has 0 aromatic heterocycles. The van der Waals surface area contributed by atoms with Crippen molar-refractivity contribution in [1.82, 2.24) is 0 Å². The number of ketones is 1. The van der Waals surface area contributed by atoms with Crippen LogP contribution >= 0.6 is 11.6 Å². The van der Waals surface area contributed by atoms with E-state index in [1.54, 1.807) is 18.2 Å². The predicted molar refractivity (Wildman–Crippen MR) is 102 cm³/mol.